The number of urea groups is 1. The van der Waals surface area contributed by atoms with E-state index < -0.39 is 5.60 Å². The summed E-state index contributed by atoms with van der Waals surface area (Å²) >= 11 is 0. The van der Waals surface area contributed by atoms with Gasteiger partial charge < -0.3 is 19.9 Å². The van der Waals surface area contributed by atoms with Gasteiger partial charge in [0.1, 0.15) is 5.60 Å². The van der Waals surface area contributed by atoms with E-state index in [0.29, 0.717) is 32.1 Å². The third-order valence-electron chi connectivity index (χ3n) is 8.44. The summed E-state index contributed by atoms with van der Waals surface area (Å²) in [6.07, 6.45) is 11.7. The summed E-state index contributed by atoms with van der Waals surface area (Å²) in [6, 6.07) is 4.76. The Labute approximate surface area is 223 Å². The summed E-state index contributed by atoms with van der Waals surface area (Å²) in [7, 11) is 1.74. The molecule has 3 aliphatic heterocycles. The molecule has 8 heteroatoms. The first-order valence-electron chi connectivity index (χ1n) is 14.2. The van der Waals surface area contributed by atoms with Gasteiger partial charge >= 0.3 is 12.1 Å². The zero-order chi connectivity index (χ0) is 26.6. The third-order valence-corrected chi connectivity index (χ3v) is 8.44. The van der Waals surface area contributed by atoms with Gasteiger partial charge in [0, 0.05) is 63.7 Å². The van der Waals surface area contributed by atoms with Crippen molar-refractivity contribution < 1.29 is 14.3 Å². The fourth-order valence-electron chi connectivity index (χ4n) is 6.68. The van der Waals surface area contributed by atoms with E-state index in [2.05, 4.69) is 22.1 Å². The van der Waals surface area contributed by atoms with E-state index in [9.17, 15) is 9.59 Å². The average molecular weight is 514 g/mol. The lowest BCUT2D eigenvalue weighted by atomic mass is 9.74. The minimum Gasteiger partial charge on any atom is -0.444 e. The predicted octanol–water partition coefficient (Wildman–Crippen LogP) is 4.55. The van der Waals surface area contributed by atoms with Crippen LogP contribution in [-0.4, -0.2) is 88.8 Å². The van der Waals surface area contributed by atoms with Crippen molar-refractivity contribution in [3.63, 3.8) is 0 Å². The molecule has 4 heterocycles. The summed E-state index contributed by atoms with van der Waals surface area (Å²) in [6.45, 7) is 11.3. The molecule has 37 heavy (non-hydrogen) atoms. The molecule has 2 bridgehead atoms. The predicted molar refractivity (Wildman–Crippen MR) is 145 cm³/mol. The number of pyridine rings is 1. The number of carbonyl (C=O) groups excluding carboxylic acids is 2. The standard InChI is InChI=1S/C29H47N5O3/c1-22(17-23-8-12-30-13-9-23)20-31-26(35)33(16-15-32(5)27(36)37-28(2,3)4)14-11-29-10-6-7-25-18-24(19-29)21-34(25)29/h8-9,12-13,22,24-25H,6-7,10-11,14-21H2,1-5H3,(H,31,35). The molecular weight excluding hydrogens is 466 g/mol. The van der Waals surface area contributed by atoms with Crippen molar-refractivity contribution in [3.8, 4) is 0 Å². The Morgan fingerprint density at radius 2 is 2.00 bits per heavy atom. The summed E-state index contributed by atoms with van der Waals surface area (Å²) in [5.74, 6) is 1.15. The van der Waals surface area contributed by atoms with E-state index in [-0.39, 0.29) is 17.7 Å². The summed E-state index contributed by atoms with van der Waals surface area (Å²) < 4.78 is 5.51. The Morgan fingerprint density at radius 3 is 2.70 bits per heavy atom. The first kappa shape index (κ1) is 27.7. The Hall–Kier alpha value is -2.35. The van der Waals surface area contributed by atoms with Gasteiger partial charge in [-0.3, -0.25) is 9.88 Å². The Morgan fingerprint density at radius 1 is 1.24 bits per heavy atom. The molecule has 3 saturated heterocycles. The van der Waals surface area contributed by atoms with Gasteiger partial charge in [0.05, 0.1) is 0 Å². The molecule has 0 spiro atoms. The molecule has 4 rings (SSSR count). The van der Waals surface area contributed by atoms with E-state index in [1.165, 1.54) is 44.2 Å². The lowest BCUT2D eigenvalue weighted by Crippen LogP contribution is -2.55. The van der Waals surface area contributed by atoms with Crippen LogP contribution in [0.15, 0.2) is 24.5 Å². The molecule has 0 saturated carbocycles. The largest absolute Gasteiger partial charge is 0.444 e. The highest BCUT2D eigenvalue weighted by Crippen LogP contribution is 2.52. The van der Waals surface area contributed by atoms with Crippen LogP contribution < -0.4 is 5.32 Å². The summed E-state index contributed by atoms with van der Waals surface area (Å²) in [4.78, 5) is 36.3. The smallest absolute Gasteiger partial charge is 0.410 e. The van der Waals surface area contributed by atoms with Crippen LogP contribution in [0, 0.1) is 11.8 Å². The molecule has 4 atom stereocenters. The molecule has 206 valence electrons. The maximum Gasteiger partial charge on any atom is 0.410 e. The third kappa shape index (κ3) is 7.15. The molecule has 8 nitrogen and oxygen atoms in total. The van der Waals surface area contributed by atoms with Crippen molar-refractivity contribution in [2.75, 3.05) is 39.8 Å². The number of nitrogens with zero attached hydrogens (tertiary/aromatic N) is 4. The van der Waals surface area contributed by atoms with Crippen molar-refractivity contribution in [3.05, 3.63) is 30.1 Å². The number of rotatable bonds is 10. The van der Waals surface area contributed by atoms with E-state index in [0.717, 1.165) is 24.8 Å². The quantitative estimate of drug-likeness (QED) is 0.497. The summed E-state index contributed by atoms with van der Waals surface area (Å²) in [5, 5.41) is 3.18. The molecule has 0 radical (unpaired) electrons. The van der Waals surface area contributed by atoms with Gasteiger partial charge in [-0.15, -0.1) is 0 Å². The maximum atomic E-state index is 13.4. The number of amides is 3. The number of likely N-dealkylation sites (N-methyl/N-ethyl adjacent to an activating group) is 1. The number of fused-ring (bicyclic) bond motifs is 1. The molecule has 0 aliphatic carbocycles. The Balaban J connectivity index is 1.35. The molecule has 0 aromatic carbocycles. The van der Waals surface area contributed by atoms with Crippen molar-refractivity contribution in [2.24, 2.45) is 11.8 Å². The number of ether oxygens (including phenoxy) is 1. The van der Waals surface area contributed by atoms with Crippen molar-refractivity contribution in [1.82, 2.24) is 25.0 Å². The minimum absolute atomic E-state index is 0.0407. The van der Waals surface area contributed by atoms with Gasteiger partial charge in [0.25, 0.3) is 0 Å². The maximum absolute atomic E-state index is 13.4. The second-order valence-corrected chi connectivity index (χ2v) is 12.7. The highest BCUT2D eigenvalue weighted by atomic mass is 16.6. The number of hydrogen-bond acceptors (Lipinski definition) is 5. The van der Waals surface area contributed by atoms with Crippen LogP contribution in [0.1, 0.15) is 71.8 Å². The number of aromatic nitrogens is 1. The number of carbonyl (C=O) groups is 2. The topological polar surface area (TPSA) is 78.0 Å². The zero-order valence-electron chi connectivity index (χ0n) is 23.5. The average Bonchev–Trinajstić information content (AvgIpc) is 3.42. The zero-order valence-corrected chi connectivity index (χ0v) is 23.5. The minimum atomic E-state index is -0.541. The van der Waals surface area contributed by atoms with Crippen LogP contribution in [0.4, 0.5) is 9.59 Å². The van der Waals surface area contributed by atoms with Gasteiger partial charge in [-0.2, -0.15) is 0 Å². The molecule has 1 N–H and O–H groups in total. The van der Waals surface area contributed by atoms with E-state index >= 15 is 0 Å². The molecule has 1 aromatic rings. The lowest BCUT2D eigenvalue weighted by molar-refractivity contribution is 0.0174. The van der Waals surface area contributed by atoms with Gasteiger partial charge in [-0.05, 0) is 88.8 Å². The van der Waals surface area contributed by atoms with Crippen LogP contribution >= 0.6 is 0 Å². The molecule has 3 fully saturated rings. The Bertz CT molecular complexity index is 920. The number of hydrogen-bond donors (Lipinski definition) is 1. The van der Waals surface area contributed by atoms with Crippen LogP contribution in [0.3, 0.4) is 0 Å². The molecule has 3 amide bonds. The highest BCUT2D eigenvalue weighted by Gasteiger charge is 2.54. The van der Waals surface area contributed by atoms with Gasteiger partial charge in [0.2, 0.25) is 0 Å². The first-order valence-corrected chi connectivity index (χ1v) is 14.2. The van der Waals surface area contributed by atoms with Crippen molar-refractivity contribution in [2.45, 2.75) is 89.8 Å². The second-order valence-electron chi connectivity index (χ2n) is 12.7. The molecule has 1 aromatic heterocycles. The van der Waals surface area contributed by atoms with E-state index in [4.69, 9.17) is 4.74 Å². The van der Waals surface area contributed by atoms with E-state index in [1.807, 2.05) is 50.2 Å². The van der Waals surface area contributed by atoms with Gasteiger partial charge in [0.15, 0.2) is 0 Å². The van der Waals surface area contributed by atoms with Crippen LogP contribution in [0.5, 0.6) is 0 Å². The monoisotopic (exact) mass is 513 g/mol. The molecule has 3 aliphatic rings. The van der Waals surface area contributed by atoms with Gasteiger partial charge in [-0.25, -0.2) is 9.59 Å². The fourth-order valence-corrected chi connectivity index (χ4v) is 6.68. The highest BCUT2D eigenvalue weighted by molar-refractivity contribution is 5.74. The van der Waals surface area contributed by atoms with Gasteiger partial charge in [-0.1, -0.05) is 13.3 Å². The molecule has 4 unspecified atom stereocenters. The Kier molecular flexibility index (Phi) is 8.66. The lowest BCUT2D eigenvalue weighted by Gasteiger charge is -2.49. The van der Waals surface area contributed by atoms with Crippen LogP contribution in [-0.2, 0) is 11.2 Å². The van der Waals surface area contributed by atoms with Crippen molar-refractivity contribution in [1.29, 1.82) is 0 Å². The van der Waals surface area contributed by atoms with Crippen LogP contribution in [0.2, 0.25) is 0 Å². The second kappa shape index (κ2) is 11.6. The van der Waals surface area contributed by atoms with Crippen molar-refractivity contribution >= 4 is 12.1 Å². The SMILES string of the molecule is CC(CNC(=O)N(CCN(C)C(=O)OC(C)(C)C)CCC12CCCC3CC(CN31)C2)Cc1ccncc1. The van der Waals surface area contributed by atoms with Crippen LogP contribution in [0.25, 0.3) is 0 Å². The van der Waals surface area contributed by atoms with E-state index in [1.54, 1.807) is 11.9 Å². The fraction of sp³-hybridized carbons (Fsp3) is 0.759. The number of nitrogens with one attached hydrogen (secondary N) is 1. The number of piperidine rings is 2. The normalized spacial score (nSPS) is 25.5. The molecular formula is C29H47N5O3. The summed E-state index contributed by atoms with van der Waals surface area (Å²) in [5.41, 5.74) is 0.944. The first-order chi connectivity index (χ1) is 17.5.